The molecule has 1 saturated heterocycles. The SMILES string of the molecule is O=C1NCC(c2ccccc2S(=O)(=O)Cl)O1. The van der Waals surface area contributed by atoms with Gasteiger partial charge in [0, 0.05) is 16.2 Å². The van der Waals surface area contributed by atoms with Crippen LogP contribution in [0.4, 0.5) is 4.79 Å². The summed E-state index contributed by atoms with van der Waals surface area (Å²) in [6.07, 6.45) is -1.18. The van der Waals surface area contributed by atoms with Crippen molar-refractivity contribution in [3.63, 3.8) is 0 Å². The summed E-state index contributed by atoms with van der Waals surface area (Å²) in [5, 5.41) is 2.45. The molecule has 5 nitrogen and oxygen atoms in total. The van der Waals surface area contributed by atoms with Crippen LogP contribution in [0.1, 0.15) is 11.7 Å². The lowest BCUT2D eigenvalue weighted by Gasteiger charge is -2.11. The number of alkyl carbamates (subject to hydrolysis) is 1. The molecule has 1 heterocycles. The molecule has 0 bridgehead atoms. The zero-order valence-electron chi connectivity index (χ0n) is 8.01. The van der Waals surface area contributed by atoms with Crippen LogP contribution in [-0.4, -0.2) is 21.1 Å². The summed E-state index contributed by atoms with van der Waals surface area (Å²) in [7, 11) is 1.45. The van der Waals surface area contributed by atoms with E-state index < -0.39 is 21.2 Å². The molecule has 2 rings (SSSR count). The van der Waals surface area contributed by atoms with Crippen LogP contribution in [0.15, 0.2) is 29.2 Å². The maximum Gasteiger partial charge on any atom is 0.407 e. The fraction of sp³-hybridized carbons (Fsp3) is 0.222. The van der Waals surface area contributed by atoms with Gasteiger partial charge in [-0.15, -0.1) is 0 Å². The molecule has 0 aromatic heterocycles. The number of hydrogen-bond acceptors (Lipinski definition) is 4. The number of rotatable bonds is 2. The van der Waals surface area contributed by atoms with E-state index in [0.717, 1.165) is 0 Å². The molecule has 1 aromatic rings. The van der Waals surface area contributed by atoms with Crippen molar-refractivity contribution in [2.45, 2.75) is 11.0 Å². The zero-order valence-corrected chi connectivity index (χ0v) is 9.59. The molecule has 16 heavy (non-hydrogen) atoms. The first-order valence-electron chi connectivity index (χ1n) is 4.46. The van der Waals surface area contributed by atoms with Crippen LogP contribution >= 0.6 is 10.7 Å². The van der Waals surface area contributed by atoms with Gasteiger partial charge < -0.3 is 10.1 Å². The lowest BCUT2D eigenvalue weighted by molar-refractivity contribution is 0.140. The predicted molar refractivity (Wildman–Crippen MR) is 56.7 cm³/mol. The summed E-state index contributed by atoms with van der Waals surface area (Å²) >= 11 is 0. The number of nitrogens with one attached hydrogen (secondary N) is 1. The molecule has 1 amide bonds. The smallest absolute Gasteiger partial charge is 0.407 e. The Labute approximate surface area is 96.8 Å². The molecule has 1 aliphatic rings. The second kappa shape index (κ2) is 3.95. The highest BCUT2D eigenvalue weighted by atomic mass is 35.7. The Bertz CT molecular complexity index is 528. The number of cyclic esters (lactones) is 1. The molecule has 0 spiro atoms. The number of halogens is 1. The Morgan fingerprint density at radius 1 is 1.38 bits per heavy atom. The molecule has 1 aromatic carbocycles. The van der Waals surface area contributed by atoms with Crippen LogP contribution in [0, 0.1) is 0 Å². The number of carbonyl (C=O) groups is 1. The number of amides is 1. The van der Waals surface area contributed by atoms with Gasteiger partial charge in [-0.05, 0) is 6.07 Å². The molecule has 1 atom stereocenters. The topological polar surface area (TPSA) is 72.5 Å². The average Bonchev–Trinajstić information content (AvgIpc) is 2.64. The minimum Gasteiger partial charge on any atom is -0.439 e. The highest BCUT2D eigenvalue weighted by Crippen LogP contribution is 2.29. The van der Waals surface area contributed by atoms with Crippen LogP contribution in [-0.2, 0) is 13.8 Å². The van der Waals surface area contributed by atoms with Gasteiger partial charge in [0.2, 0.25) is 0 Å². The van der Waals surface area contributed by atoms with E-state index in [0.29, 0.717) is 5.56 Å². The highest BCUT2D eigenvalue weighted by molar-refractivity contribution is 8.13. The first-order valence-corrected chi connectivity index (χ1v) is 6.77. The average molecular weight is 262 g/mol. The van der Waals surface area contributed by atoms with Crippen LogP contribution < -0.4 is 5.32 Å². The fourth-order valence-electron chi connectivity index (χ4n) is 1.53. The number of carbonyl (C=O) groups excluding carboxylic acids is 1. The number of hydrogen-bond donors (Lipinski definition) is 1. The van der Waals surface area contributed by atoms with Crippen molar-refractivity contribution in [3.05, 3.63) is 29.8 Å². The van der Waals surface area contributed by atoms with Gasteiger partial charge in [-0.2, -0.15) is 0 Å². The maximum atomic E-state index is 11.3. The van der Waals surface area contributed by atoms with Gasteiger partial charge in [-0.3, -0.25) is 0 Å². The fourth-order valence-corrected chi connectivity index (χ4v) is 2.67. The van der Waals surface area contributed by atoms with Gasteiger partial charge in [0.05, 0.1) is 11.4 Å². The van der Waals surface area contributed by atoms with Crippen molar-refractivity contribution in [3.8, 4) is 0 Å². The second-order valence-electron chi connectivity index (χ2n) is 3.25. The monoisotopic (exact) mass is 261 g/mol. The van der Waals surface area contributed by atoms with Gasteiger partial charge in [0.15, 0.2) is 0 Å². The Kier molecular flexibility index (Phi) is 2.77. The lowest BCUT2D eigenvalue weighted by Crippen LogP contribution is -2.12. The van der Waals surface area contributed by atoms with Gasteiger partial charge >= 0.3 is 6.09 Å². The van der Waals surface area contributed by atoms with E-state index in [1.165, 1.54) is 6.07 Å². The van der Waals surface area contributed by atoms with E-state index in [2.05, 4.69) is 5.32 Å². The third-order valence-electron chi connectivity index (χ3n) is 2.21. The summed E-state index contributed by atoms with van der Waals surface area (Å²) in [6.45, 7) is 0.238. The van der Waals surface area contributed by atoms with E-state index in [9.17, 15) is 13.2 Å². The Balaban J connectivity index is 2.45. The number of ether oxygens (including phenoxy) is 1. The van der Waals surface area contributed by atoms with Crippen LogP contribution in [0.25, 0.3) is 0 Å². The molecule has 0 aliphatic carbocycles. The molecule has 1 fully saturated rings. The predicted octanol–water partition coefficient (Wildman–Crippen LogP) is 1.40. The van der Waals surface area contributed by atoms with E-state index in [-0.39, 0.29) is 11.4 Å². The largest absolute Gasteiger partial charge is 0.439 e. The van der Waals surface area contributed by atoms with Gasteiger partial charge in [-0.1, -0.05) is 18.2 Å². The standard InChI is InChI=1S/C9H8ClNO4S/c10-16(13,14)8-4-2-1-3-6(8)7-5-11-9(12)15-7/h1-4,7H,5H2,(H,11,12). The van der Waals surface area contributed by atoms with Crippen molar-refractivity contribution < 1.29 is 17.9 Å². The van der Waals surface area contributed by atoms with Crippen LogP contribution in [0.3, 0.4) is 0 Å². The van der Waals surface area contributed by atoms with Crippen molar-refractivity contribution >= 4 is 25.8 Å². The van der Waals surface area contributed by atoms with Crippen molar-refractivity contribution in [2.75, 3.05) is 6.54 Å². The minimum absolute atomic E-state index is 0.0295. The van der Waals surface area contributed by atoms with E-state index in [1.54, 1.807) is 18.2 Å². The Hall–Kier alpha value is -1.27. The molecule has 7 heteroatoms. The Morgan fingerprint density at radius 2 is 2.06 bits per heavy atom. The molecular formula is C9H8ClNO4S. The molecule has 1 unspecified atom stereocenters. The van der Waals surface area contributed by atoms with Gasteiger partial charge in [-0.25, -0.2) is 13.2 Å². The summed E-state index contributed by atoms with van der Waals surface area (Å²) < 4.78 is 27.5. The van der Waals surface area contributed by atoms with E-state index in [4.69, 9.17) is 15.4 Å². The molecular weight excluding hydrogens is 254 g/mol. The van der Waals surface area contributed by atoms with E-state index in [1.807, 2.05) is 0 Å². The molecule has 1 aliphatic heterocycles. The van der Waals surface area contributed by atoms with Crippen molar-refractivity contribution in [1.82, 2.24) is 5.32 Å². The first-order chi connectivity index (χ1) is 7.48. The molecule has 0 saturated carbocycles. The highest BCUT2D eigenvalue weighted by Gasteiger charge is 2.29. The van der Waals surface area contributed by atoms with E-state index >= 15 is 0 Å². The normalized spacial score (nSPS) is 20.3. The summed E-state index contributed by atoms with van der Waals surface area (Å²) in [5.74, 6) is 0. The zero-order chi connectivity index (χ0) is 11.8. The van der Waals surface area contributed by atoms with Crippen molar-refractivity contribution in [1.29, 1.82) is 0 Å². The molecule has 0 radical (unpaired) electrons. The maximum absolute atomic E-state index is 11.3. The van der Waals surface area contributed by atoms with Crippen LogP contribution in [0.5, 0.6) is 0 Å². The summed E-state index contributed by atoms with van der Waals surface area (Å²) in [4.78, 5) is 10.8. The van der Waals surface area contributed by atoms with Gasteiger partial charge in [0.1, 0.15) is 6.10 Å². The third kappa shape index (κ3) is 2.12. The molecule has 86 valence electrons. The summed E-state index contributed by atoms with van der Waals surface area (Å²) in [5.41, 5.74) is 0.385. The number of benzene rings is 1. The van der Waals surface area contributed by atoms with Crippen molar-refractivity contribution in [2.24, 2.45) is 0 Å². The molecule has 1 N–H and O–H groups in total. The van der Waals surface area contributed by atoms with Gasteiger partial charge in [0.25, 0.3) is 9.05 Å². The van der Waals surface area contributed by atoms with Crippen LogP contribution in [0.2, 0.25) is 0 Å². The Morgan fingerprint density at radius 3 is 2.62 bits per heavy atom. The lowest BCUT2D eigenvalue weighted by atomic mass is 10.1. The second-order valence-corrected chi connectivity index (χ2v) is 5.78. The third-order valence-corrected chi connectivity index (χ3v) is 3.61. The minimum atomic E-state index is -3.84. The quantitative estimate of drug-likeness (QED) is 0.817. The first kappa shape index (κ1) is 11.2. The summed E-state index contributed by atoms with van der Waals surface area (Å²) in [6, 6.07) is 6.17.